The smallest absolute Gasteiger partial charge is 0.160 e. The van der Waals surface area contributed by atoms with Crippen LogP contribution in [0, 0.1) is 5.41 Å². The van der Waals surface area contributed by atoms with E-state index in [4.69, 9.17) is 9.97 Å². The van der Waals surface area contributed by atoms with Gasteiger partial charge in [0.05, 0.1) is 22.8 Å². The van der Waals surface area contributed by atoms with Gasteiger partial charge in [0.15, 0.2) is 5.82 Å². The quantitative estimate of drug-likeness (QED) is 0.165. The topological polar surface area (TPSA) is 61.7 Å². The Morgan fingerprint density at radius 3 is 1.76 bits per heavy atom. The lowest BCUT2D eigenvalue weighted by Crippen LogP contribution is -2.06. The number of hydrogen-bond donors (Lipinski definition) is 2. The summed E-state index contributed by atoms with van der Waals surface area (Å²) in [6, 6.07) is 61.7. The number of hydrogen-bond acceptors (Lipinski definition) is 4. The summed E-state index contributed by atoms with van der Waals surface area (Å²) >= 11 is 0. The highest BCUT2D eigenvalue weighted by atomic mass is 14.9. The fourth-order valence-electron chi connectivity index (χ4n) is 6.19. The molecule has 1 aromatic heterocycles. The molecule has 0 spiro atoms. The maximum Gasteiger partial charge on any atom is 0.160 e. The number of rotatable bonds is 8. The molecule has 0 atom stereocenters. The Kier molecular flexibility index (Phi) is 8.02. The lowest BCUT2D eigenvalue weighted by molar-refractivity contribution is 1.18. The zero-order valence-electron chi connectivity index (χ0n) is 26.7. The van der Waals surface area contributed by atoms with Gasteiger partial charge < -0.3 is 5.32 Å². The Labute approximate surface area is 285 Å². The maximum absolute atomic E-state index is 9.48. The summed E-state index contributed by atoms with van der Waals surface area (Å²) in [7, 11) is 0. The summed E-state index contributed by atoms with van der Waals surface area (Å²) in [5.74, 6) is 0.657. The van der Waals surface area contributed by atoms with Gasteiger partial charge in [-0.2, -0.15) is 0 Å². The Hall–Kier alpha value is -6.65. The molecule has 0 unspecified atom stereocenters. The van der Waals surface area contributed by atoms with Gasteiger partial charge in [0.2, 0.25) is 0 Å². The van der Waals surface area contributed by atoms with Crippen LogP contribution in [0.2, 0.25) is 0 Å². The summed E-state index contributed by atoms with van der Waals surface area (Å²) in [5.41, 5.74) is 10.8. The second-order valence-electron chi connectivity index (χ2n) is 11.9. The largest absolute Gasteiger partial charge is 0.354 e. The van der Waals surface area contributed by atoms with E-state index in [1.165, 1.54) is 5.56 Å². The van der Waals surface area contributed by atoms with E-state index in [1.54, 1.807) is 0 Å². The van der Waals surface area contributed by atoms with Crippen LogP contribution in [-0.4, -0.2) is 15.7 Å². The summed E-state index contributed by atoms with van der Waals surface area (Å²) in [6.45, 7) is 0. The van der Waals surface area contributed by atoms with Crippen LogP contribution in [-0.2, 0) is 0 Å². The monoisotopic (exact) mass is 628 g/mol. The zero-order valence-corrected chi connectivity index (χ0v) is 26.7. The van der Waals surface area contributed by atoms with Crippen molar-refractivity contribution in [2.45, 2.75) is 0 Å². The molecule has 0 saturated heterocycles. The number of fused-ring (bicyclic) bond motifs is 1. The van der Waals surface area contributed by atoms with Crippen molar-refractivity contribution in [1.82, 2.24) is 9.97 Å². The second kappa shape index (κ2) is 13.2. The van der Waals surface area contributed by atoms with Crippen LogP contribution >= 0.6 is 0 Å². The molecule has 49 heavy (non-hydrogen) atoms. The van der Waals surface area contributed by atoms with E-state index in [-0.39, 0.29) is 0 Å². The molecule has 4 nitrogen and oxygen atoms in total. The van der Waals surface area contributed by atoms with Gasteiger partial charge >= 0.3 is 0 Å². The number of nitrogens with zero attached hydrogens (tertiary/aromatic N) is 2. The van der Waals surface area contributed by atoms with E-state index in [1.807, 2.05) is 103 Å². The molecule has 0 saturated carbocycles. The van der Waals surface area contributed by atoms with Gasteiger partial charge in [0.1, 0.15) is 0 Å². The molecule has 2 N–H and O–H groups in total. The predicted octanol–water partition coefficient (Wildman–Crippen LogP) is 11.5. The average Bonchev–Trinajstić information content (AvgIpc) is 3.19. The van der Waals surface area contributed by atoms with Crippen molar-refractivity contribution in [2.24, 2.45) is 0 Å². The van der Waals surface area contributed by atoms with Crippen LogP contribution in [0.4, 0.5) is 11.4 Å². The Balaban J connectivity index is 1.20. The lowest BCUT2D eigenvalue weighted by atomic mass is 9.95. The maximum atomic E-state index is 9.48. The summed E-state index contributed by atoms with van der Waals surface area (Å²) in [4.78, 5) is 10.1. The summed E-state index contributed by atoms with van der Waals surface area (Å²) in [6.07, 6.45) is 0. The van der Waals surface area contributed by atoms with Crippen molar-refractivity contribution in [3.8, 4) is 45.0 Å². The third-order valence-electron chi connectivity index (χ3n) is 8.73. The molecule has 8 rings (SSSR count). The molecule has 7 aromatic carbocycles. The van der Waals surface area contributed by atoms with Crippen LogP contribution in [0.15, 0.2) is 182 Å². The van der Waals surface area contributed by atoms with Gasteiger partial charge in [0.25, 0.3) is 0 Å². The number of nitrogens with one attached hydrogen (secondary N) is 2. The first-order valence-electron chi connectivity index (χ1n) is 16.3. The minimum Gasteiger partial charge on any atom is -0.354 e. The fraction of sp³-hybridized carbons (Fsp3) is 0. The van der Waals surface area contributed by atoms with E-state index in [0.29, 0.717) is 11.5 Å². The average molecular weight is 629 g/mol. The van der Waals surface area contributed by atoms with E-state index in [2.05, 4.69) is 84.2 Å². The number of anilines is 2. The highest BCUT2D eigenvalue weighted by Crippen LogP contribution is 2.34. The van der Waals surface area contributed by atoms with Crippen LogP contribution in [0.3, 0.4) is 0 Å². The molecule has 0 aliphatic heterocycles. The van der Waals surface area contributed by atoms with Gasteiger partial charge in [-0.15, -0.1) is 0 Å². The zero-order chi connectivity index (χ0) is 33.0. The molecule has 0 radical (unpaired) electrons. The van der Waals surface area contributed by atoms with Gasteiger partial charge in [-0.3, -0.25) is 5.41 Å². The Morgan fingerprint density at radius 2 is 1.02 bits per heavy atom. The predicted molar refractivity (Wildman–Crippen MR) is 203 cm³/mol. The second-order valence-corrected chi connectivity index (χ2v) is 11.9. The van der Waals surface area contributed by atoms with Crippen LogP contribution < -0.4 is 5.32 Å². The molecule has 0 aliphatic carbocycles. The van der Waals surface area contributed by atoms with Crippen LogP contribution in [0.1, 0.15) is 11.1 Å². The molecule has 0 fully saturated rings. The van der Waals surface area contributed by atoms with Crippen molar-refractivity contribution >= 4 is 27.9 Å². The highest BCUT2D eigenvalue weighted by molar-refractivity contribution is 6.18. The first-order chi connectivity index (χ1) is 24.2. The van der Waals surface area contributed by atoms with Crippen molar-refractivity contribution in [2.75, 3.05) is 5.32 Å². The van der Waals surface area contributed by atoms with E-state index >= 15 is 0 Å². The van der Waals surface area contributed by atoms with Gasteiger partial charge in [-0.1, -0.05) is 158 Å². The molecule has 8 aromatic rings. The van der Waals surface area contributed by atoms with E-state index in [9.17, 15) is 5.41 Å². The summed E-state index contributed by atoms with van der Waals surface area (Å²) < 4.78 is 0. The molecule has 1 heterocycles. The van der Waals surface area contributed by atoms with E-state index < -0.39 is 0 Å². The number of benzene rings is 7. The Bertz CT molecular complexity index is 2400. The first kappa shape index (κ1) is 29.7. The molecule has 0 bridgehead atoms. The van der Waals surface area contributed by atoms with E-state index in [0.717, 1.165) is 66.9 Å². The Morgan fingerprint density at radius 1 is 0.449 bits per heavy atom. The SMILES string of the molecule is N=C(c1cccc(-c2cc(-c3ccc(-c4ccccc4)cc3)nc(-c3ccccc3)n2)c1)c1ccc2ccccc2c1Nc1ccccc1. The van der Waals surface area contributed by atoms with Crippen molar-refractivity contribution < 1.29 is 0 Å². The standard InChI is InChI=1S/C45H32N4/c46-43(40-28-27-33-15-10-11-22-39(33)44(40)47-38-20-8-3-9-21-38)37-19-12-18-36(29-37)42-30-41(48-45(49-42)35-16-6-2-7-17-35)34-25-23-32(24-26-34)31-13-4-1-5-14-31/h1-30,46-47H. The molecular formula is C45H32N4. The number of aromatic nitrogens is 2. The molecule has 4 heteroatoms. The minimum absolute atomic E-state index is 0.431. The normalized spacial score (nSPS) is 10.9. The van der Waals surface area contributed by atoms with Crippen LogP contribution in [0.25, 0.3) is 55.8 Å². The fourth-order valence-corrected chi connectivity index (χ4v) is 6.19. The minimum atomic E-state index is 0.431. The molecular weight excluding hydrogens is 597 g/mol. The lowest BCUT2D eigenvalue weighted by Gasteiger charge is -2.17. The molecule has 0 aliphatic rings. The van der Waals surface area contributed by atoms with Gasteiger partial charge in [0, 0.05) is 38.9 Å². The highest BCUT2D eigenvalue weighted by Gasteiger charge is 2.16. The molecule has 0 amide bonds. The number of para-hydroxylation sites is 1. The van der Waals surface area contributed by atoms with Gasteiger partial charge in [-0.05, 0) is 40.8 Å². The third kappa shape index (κ3) is 6.23. The van der Waals surface area contributed by atoms with Crippen molar-refractivity contribution in [3.63, 3.8) is 0 Å². The van der Waals surface area contributed by atoms with Gasteiger partial charge in [-0.25, -0.2) is 9.97 Å². The summed E-state index contributed by atoms with van der Waals surface area (Å²) in [5, 5.41) is 15.3. The van der Waals surface area contributed by atoms with Crippen molar-refractivity contribution in [1.29, 1.82) is 5.41 Å². The first-order valence-corrected chi connectivity index (χ1v) is 16.3. The third-order valence-corrected chi connectivity index (χ3v) is 8.73. The van der Waals surface area contributed by atoms with Crippen molar-refractivity contribution in [3.05, 3.63) is 193 Å². The van der Waals surface area contributed by atoms with Crippen LogP contribution in [0.5, 0.6) is 0 Å². The molecule has 232 valence electrons.